The highest BCUT2D eigenvalue weighted by Gasteiger charge is 2.34. The fourth-order valence-electron chi connectivity index (χ4n) is 4.65. The van der Waals surface area contributed by atoms with Gasteiger partial charge >= 0.3 is 0 Å². The first-order valence-corrected chi connectivity index (χ1v) is 13.0. The molecule has 5 rings (SSSR count). The Labute approximate surface area is 218 Å². The largest absolute Gasteiger partial charge is 0.361 e. The van der Waals surface area contributed by atoms with E-state index in [0.29, 0.717) is 13.1 Å². The summed E-state index contributed by atoms with van der Waals surface area (Å²) in [4.78, 5) is 33.7. The molecule has 4 aromatic rings. The number of benzene rings is 3. The monoisotopic (exact) mass is 491 g/mol. The van der Waals surface area contributed by atoms with Gasteiger partial charge in [-0.2, -0.15) is 0 Å². The molecule has 1 heterocycles. The van der Waals surface area contributed by atoms with E-state index in [9.17, 15) is 9.59 Å². The molecule has 0 spiro atoms. The minimum absolute atomic E-state index is 0.0197. The van der Waals surface area contributed by atoms with Crippen molar-refractivity contribution in [1.82, 2.24) is 14.8 Å². The van der Waals surface area contributed by atoms with Crippen LogP contribution in [0.2, 0.25) is 0 Å². The van der Waals surface area contributed by atoms with Gasteiger partial charge in [-0.1, -0.05) is 78.4 Å². The van der Waals surface area contributed by atoms with Crippen molar-refractivity contribution in [3.8, 4) is 0 Å². The lowest BCUT2D eigenvalue weighted by atomic mass is 10.1. The van der Waals surface area contributed by atoms with Crippen LogP contribution in [-0.2, 0) is 22.6 Å². The van der Waals surface area contributed by atoms with Crippen LogP contribution in [0.5, 0.6) is 0 Å². The van der Waals surface area contributed by atoms with Crippen LogP contribution >= 0.6 is 0 Å². The highest BCUT2D eigenvalue weighted by molar-refractivity contribution is 5.95. The van der Waals surface area contributed by atoms with Crippen LogP contribution in [0.3, 0.4) is 0 Å². The zero-order valence-corrected chi connectivity index (χ0v) is 21.3. The van der Waals surface area contributed by atoms with Crippen LogP contribution in [0.4, 0.5) is 0 Å². The van der Waals surface area contributed by atoms with Crippen LogP contribution in [-0.4, -0.2) is 45.7 Å². The number of rotatable bonds is 10. The third kappa shape index (κ3) is 6.36. The van der Waals surface area contributed by atoms with Crippen LogP contribution in [0.15, 0.2) is 91.1 Å². The van der Waals surface area contributed by atoms with E-state index in [1.165, 1.54) is 16.5 Å². The van der Waals surface area contributed by atoms with Gasteiger partial charge in [-0.25, -0.2) is 0 Å². The zero-order chi connectivity index (χ0) is 25.6. The van der Waals surface area contributed by atoms with Gasteiger partial charge in [0, 0.05) is 42.3 Å². The van der Waals surface area contributed by atoms with E-state index in [4.69, 9.17) is 0 Å². The number of aromatic nitrogens is 1. The Morgan fingerprint density at radius 3 is 2.43 bits per heavy atom. The second-order valence-corrected chi connectivity index (χ2v) is 9.85. The number of hydrogen-bond donors (Lipinski definition) is 1. The van der Waals surface area contributed by atoms with Crippen LogP contribution < -0.4 is 0 Å². The summed E-state index contributed by atoms with van der Waals surface area (Å²) in [5, 5.41) is 1.19. The van der Waals surface area contributed by atoms with E-state index in [-0.39, 0.29) is 24.4 Å². The van der Waals surface area contributed by atoms with Crippen molar-refractivity contribution in [3.63, 3.8) is 0 Å². The molecule has 1 fully saturated rings. The molecule has 0 atom stereocenters. The maximum absolute atomic E-state index is 13.7. The minimum Gasteiger partial charge on any atom is -0.361 e. The smallest absolute Gasteiger partial charge is 0.247 e. The first-order valence-electron chi connectivity index (χ1n) is 13.0. The molecule has 0 saturated heterocycles. The molecule has 5 heteroatoms. The molecule has 0 unspecified atom stereocenters. The van der Waals surface area contributed by atoms with Gasteiger partial charge in [-0.15, -0.1) is 0 Å². The van der Waals surface area contributed by atoms with Crippen molar-refractivity contribution >= 4 is 28.8 Å². The van der Waals surface area contributed by atoms with Gasteiger partial charge in [0.05, 0.1) is 0 Å². The summed E-state index contributed by atoms with van der Waals surface area (Å²) in [5.41, 5.74) is 5.54. The molecule has 1 saturated carbocycles. The fourth-order valence-corrected chi connectivity index (χ4v) is 4.65. The summed E-state index contributed by atoms with van der Waals surface area (Å²) in [6.45, 7) is 3.27. The summed E-state index contributed by atoms with van der Waals surface area (Å²) >= 11 is 0. The normalized spacial score (nSPS) is 13.2. The molecule has 37 heavy (non-hydrogen) atoms. The van der Waals surface area contributed by atoms with Gasteiger partial charge in [0.25, 0.3) is 0 Å². The second-order valence-electron chi connectivity index (χ2n) is 9.85. The van der Waals surface area contributed by atoms with Crippen LogP contribution in [0.1, 0.15) is 35.1 Å². The van der Waals surface area contributed by atoms with Gasteiger partial charge in [-0.05, 0) is 55.0 Å². The number of fused-ring (bicyclic) bond motifs is 1. The lowest BCUT2D eigenvalue weighted by molar-refractivity contribution is -0.139. The number of carbonyl (C=O) groups is 2. The Bertz CT molecular complexity index is 1380. The molecule has 1 aromatic heterocycles. The maximum atomic E-state index is 13.7. The van der Waals surface area contributed by atoms with E-state index in [1.54, 1.807) is 11.0 Å². The topological polar surface area (TPSA) is 56.4 Å². The summed E-state index contributed by atoms with van der Waals surface area (Å²) < 4.78 is 0. The van der Waals surface area contributed by atoms with Crippen molar-refractivity contribution in [2.45, 2.75) is 38.8 Å². The number of aryl methyl sites for hydroxylation is 1. The Hall–Kier alpha value is -4.12. The van der Waals surface area contributed by atoms with E-state index >= 15 is 0 Å². The van der Waals surface area contributed by atoms with Crippen LogP contribution in [0.25, 0.3) is 17.0 Å². The van der Waals surface area contributed by atoms with Crippen molar-refractivity contribution in [3.05, 3.63) is 113 Å². The van der Waals surface area contributed by atoms with E-state index in [1.807, 2.05) is 59.6 Å². The molecule has 1 aliphatic rings. The number of aromatic amines is 1. The first kappa shape index (κ1) is 24.6. The van der Waals surface area contributed by atoms with E-state index in [2.05, 4.69) is 48.3 Å². The zero-order valence-electron chi connectivity index (χ0n) is 21.3. The van der Waals surface area contributed by atoms with Gasteiger partial charge in [0.15, 0.2) is 0 Å². The molecule has 0 radical (unpaired) electrons. The average Bonchev–Trinajstić information content (AvgIpc) is 3.69. The van der Waals surface area contributed by atoms with Gasteiger partial charge in [0.1, 0.15) is 6.54 Å². The Kier molecular flexibility index (Phi) is 7.50. The van der Waals surface area contributed by atoms with E-state index < -0.39 is 0 Å². The number of para-hydroxylation sites is 1. The number of H-pyrrole nitrogens is 1. The number of hydrogen-bond acceptors (Lipinski definition) is 2. The number of amides is 2. The SMILES string of the molecule is Cc1ccc(CN(CCc2c[nH]c3ccccc23)C(=O)CN(C(=O)/C=C/c2ccccc2)C2CC2)cc1. The van der Waals surface area contributed by atoms with Crippen molar-refractivity contribution in [2.75, 3.05) is 13.1 Å². The lowest BCUT2D eigenvalue weighted by Crippen LogP contribution is -2.43. The lowest BCUT2D eigenvalue weighted by Gasteiger charge is -2.27. The third-order valence-electron chi connectivity index (χ3n) is 6.97. The molecule has 3 aromatic carbocycles. The molecule has 0 bridgehead atoms. The summed E-state index contributed by atoms with van der Waals surface area (Å²) in [6, 6.07) is 26.5. The molecule has 0 aliphatic heterocycles. The highest BCUT2D eigenvalue weighted by Crippen LogP contribution is 2.27. The number of nitrogens with zero attached hydrogens (tertiary/aromatic N) is 2. The second kappa shape index (κ2) is 11.3. The number of nitrogens with one attached hydrogen (secondary N) is 1. The van der Waals surface area contributed by atoms with Crippen LogP contribution in [0, 0.1) is 6.92 Å². The van der Waals surface area contributed by atoms with Crippen molar-refractivity contribution in [2.24, 2.45) is 0 Å². The predicted octanol–water partition coefficient (Wildman–Crippen LogP) is 5.75. The summed E-state index contributed by atoms with van der Waals surface area (Å²) in [7, 11) is 0. The third-order valence-corrected chi connectivity index (χ3v) is 6.97. The van der Waals surface area contributed by atoms with Crippen molar-refractivity contribution in [1.29, 1.82) is 0 Å². The Morgan fingerprint density at radius 2 is 1.68 bits per heavy atom. The first-order chi connectivity index (χ1) is 18.1. The van der Waals surface area contributed by atoms with Crippen molar-refractivity contribution < 1.29 is 9.59 Å². The quantitative estimate of drug-likeness (QED) is 0.287. The summed E-state index contributed by atoms with van der Waals surface area (Å²) in [5.74, 6) is -0.125. The van der Waals surface area contributed by atoms with Gasteiger partial charge in [-0.3, -0.25) is 9.59 Å². The van der Waals surface area contributed by atoms with Gasteiger partial charge in [0.2, 0.25) is 11.8 Å². The molecule has 1 N–H and O–H groups in total. The Balaban J connectivity index is 1.31. The van der Waals surface area contributed by atoms with E-state index in [0.717, 1.165) is 35.9 Å². The predicted molar refractivity (Wildman–Crippen MR) is 149 cm³/mol. The molecule has 1 aliphatic carbocycles. The maximum Gasteiger partial charge on any atom is 0.247 e. The fraction of sp³-hybridized carbons (Fsp3) is 0.250. The standard InChI is InChI=1S/C32H33N3O2/c1-24-11-13-26(14-12-24)22-34(20-19-27-21-33-30-10-6-5-9-29(27)30)32(37)23-35(28-16-17-28)31(36)18-15-25-7-3-2-4-8-25/h2-15,18,21,28,33H,16-17,19-20,22-23H2,1H3/b18-15+. The molecular weight excluding hydrogens is 458 g/mol. The highest BCUT2D eigenvalue weighted by atomic mass is 16.2. The Morgan fingerprint density at radius 1 is 0.946 bits per heavy atom. The van der Waals surface area contributed by atoms with Gasteiger partial charge < -0.3 is 14.8 Å². The average molecular weight is 492 g/mol. The number of carbonyl (C=O) groups excluding carboxylic acids is 2. The molecule has 2 amide bonds. The summed E-state index contributed by atoms with van der Waals surface area (Å²) in [6.07, 6.45) is 8.10. The molecule has 5 nitrogen and oxygen atoms in total. The minimum atomic E-state index is -0.105. The molecule has 188 valence electrons. The molecular formula is C32H33N3O2.